The van der Waals surface area contributed by atoms with Gasteiger partial charge in [-0.15, -0.1) is 0 Å². The number of nitrogens with two attached hydrogens (primary N) is 1. The van der Waals surface area contributed by atoms with Crippen LogP contribution < -0.4 is 10.5 Å². The number of phenols is 1. The average Bonchev–Trinajstić information content (AvgIpc) is 2.42. The highest BCUT2D eigenvalue weighted by molar-refractivity contribution is 7.89. The van der Waals surface area contributed by atoms with Gasteiger partial charge in [-0.3, -0.25) is 0 Å². The van der Waals surface area contributed by atoms with Gasteiger partial charge in [-0.2, -0.15) is 0 Å². The van der Waals surface area contributed by atoms with Gasteiger partial charge in [0, 0.05) is 18.7 Å². The molecular weight excluding hydrogens is 288 g/mol. The van der Waals surface area contributed by atoms with Gasteiger partial charge in [0.25, 0.3) is 0 Å². The van der Waals surface area contributed by atoms with Crippen LogP contribution in [-0.4, -0.2) is 13.5 Å². The van der Waals surface area contributed by atoms with Crippen molar-refractivity contribution in [3.8, 4) is 5.75 Å². The molecule has 5 nitrogen and oxygen atoms in total. The van der Waals surface area contributed by atoms with Gasteiger partial charge < -0.3 is 10.4 Å². The minimum atomic E-state index is -3.68. The molecule has 0 aliphatic carbocycles. The third-order valence-corrected chi connectivity index (χ3v) is 4.02. The van der Waals surface area contributed by atoms with Crippen molar-refractivity contribution in [2.24, 2.45) is 5.14 Å². The Morgan fingerprint density at radius 3 is 2.62 bits per heavy atom. The van der Waals surface area contributed by atoms with Crippen molar-refractivity contribution < 1.29 is 13.5 Å². The Labute approximate surface area is 124 Å². The van der Waals surface area contributed by atoms with Gasteiger partial charge in [-0.25, -0.2) is 13.6 Å². The molecule has 0 amide bonds. The lowest BCUT2D eigenvalue weighted by Gasteiger charge is -2.08. The summed E-state index contributed by atoms with van der Waals surface area (Å²) in [7, 11) is -3.68. The number of benzene rings is 2. The first-order chi connectivity index (χ1) is 9.86. The van der Waals surface area contributed by atoms with E-state index in [2.05, 4.69) is 5.32 Å². The average molecular weight is 306 g/mol. The third-order valence-electron chi connectivity index (χ3n) is 3.11. The first-order valence-corrected chi connectivity index (χ1v) is 8.02. The van der Waals surface area contributed by atoms with Crippen LogP contribution in [0.1, 0.15) is 16.7 Å². The summed E-state index contributed by atoms with van der Waals surface area (Å²) in [4.78, 5) is 0.0974. The van der Waals surface area contributed by atoms with Crippen molar-refractivity contribution in [3.63, 3.8) is 0 Å². The first-order valence-electron chi connectivity index (χ1n) is 6.47. The standard InChI is InChI=1S/C15H18N2O3S/c1-11-5-6-15(18)13(7-11)10-17-9-12-3-2-4-14(8-12)21(16,19)20/h2-8,17-18H,9-10H2,1H3,(H2,16,19,20). The van der Waals surface area contributed by atoms with Crippen LogP contribution in [0.15, 0.2) is 47.4 Å². The Morgan fingerprint density at radius 1 is 1.14 bits per heavy atom. The Morgan fingerprint density at radius 2 is 1.90 bits per heavy atom. The van der Waals surface area contributed by atoms with Gasteiger partial charge in [0.1, 0.15) is 5.75 Å². The predicted octanol–water partition coefficient (Wildman–Crippen LogP) is 1.64. The molecular formula is C15H18N2O3S. The van der Waals surface area contributed by atoms with Crippen LogP contribution in [0.5, 0.6) is 5.75 Å². The maximum Gasteiger partial charge on any atom is 0.238 e. The van der Waals surface area contributed by atoms with Gasteiger partial charge >= 0.3 is 0 Å². The van der Waals surface area contributed by atoms with Crippen LogP contribution in [-0.2, 0) is 23.1 Å². The van der Waals surface area contributed by atoms with Gasteiger partial charge in [0.05, 0.1) is 4.90 Å². The normalized spacial score (nSPS) is 11.5. The van der Waals surface area contributed by atoms with Crippen molar-refractivity contribution >= 4 is 10.0 Å². The third kappa shape index (κ3) is 4.29. The van der Waals surface area contributed by atoms with Gasteiger partial charge in [0.15, 0.2) is 0 Å². The fourth-order valence-corrected chi connectivity index (χ4v) is 2.61. The lowest BCUT2D eigenvalue weighted by Crippen LogP contribution is -2.15. The van der Waals surface area contributed by atoms with E-state index in [-0.39, 0.29) is 10.6 Å². The van der Waals surface area contributed by atoms with E-state index in [4.69, 9.17) is 5.14 Å². The summed E-state index contributed by atoms with van der Waals surface area (Å²) in [5.41, 5.74) is 2.69. The molecule has 2 rings (SSSR count). The zero-order valence-electron chi connectivity index (χ0n) is 11.7. The monoisotopic (exact) mass is 306 g/mol. The van der Waals surface area contributed by atoms with E-state index in [1.807, 2.05) is 25.1 Å². The molecule has 2 aromatic rings. The zero-order valence-corrected chi connectivity index (χ0v) is 12.5. The van der Waals surface area contributed by atoms with Crippen LogP contribution in [0, 0.1) is 6.92 Å². The molecule has 0 fully saturated rings. The van der Waals surface area contributed by atoms with Crippen LogP contribution in [0.25, 0.3) is 0 Å². The molecule has 0 atom stereocenters. The van der Waals surface area contributed by atoms with Crippen LogP contribution in [0.4, 0.5) is 0 Å². The van der Waals surface area contributed by atoms with Crippen molar-refractivity contribution in [1.29, 1.82) is 0 Å². The molecule has 0 bridgehead atoms. The van der Waals surface area contributed by atoms with Crippen LogP contribution in [0.3, 0.4) is 0 Å². The summed E-state index contributed by atoms with van der Waals surface area (Å²) in [5.74, 6) is 0.242. The lowest BCUT2D eigenvalue weighted by atomic mass is 10.1. The SMILES string of the molecule is Cc1ccc(O)c(CNCc2cccc(S(N)(=O)=O)c2)c1. The number of sulfonamides is 1. The van der Waals surface area contributed by atoms with E-state index >= 15 is 0 Å². The van der Waals surface area contributed by atoms with E-state index in [9.17, 15) is 13.5 Å². The molecule has 0 spiro atoms. The second kappa shape index (κ2) is 6.26. The molecule has 2 aromatic carbocycles. The fourth-order valence-electron chi connectivity index (χ4n) is 2.03. The number of aromatic hydroxyl groups is 1. The van der Waals surface area contributed by atoms with E-state index in [1.165, 1.54) is 6.07 Å². The fraction of sp³-hybridized carbons (Fsp3) is 0.200. The molecule has 112 valence electrons. The molecule has 6 heteroatoms. The van der Waals surface area contributed by atoms with Crippen molar-refractivity contribution in [2.75, 3.05) is 0 Å². The molecule has 0 unspecified atom stereocenters. The molecule has 0 radical (unpaired) electrons. The van der Waals surface area contributed by atoms with Crippen LogP contribution in [0.2, 0.25) is 0 Å². The lowest BCUT2D eigenvalue weighted by molar-refractivity contribution is 0.464. The Hall–Kier alpha value is -1.89. The van der Waals surface area contributed by atoms with Gasteiger partial charge in [-0.05, 0) is 30.7 Å². The summed E-state index contributed by atoms with van der Waals surface area (Å²) in [6.45, 7) is 2.93. The summed E-state index contributed by atoms with van der Waals surface area (Å²) < 4.78 is 22.6. The van der Waals surface area contributed by atoms with Crippen molar-refractivity contribution in [1.82, 2.24) is 5.32 Å². The topological polar surface area (TPSA) is 92.4 Å². The number of hydrogen-bond donors (Lipinski definition) is 3. The van der Waals surface area contributed by atoms with Crippen molar-refractivity contribution in [3.05, 3.63) is 59.2 Å². The Bertz CT molecular complexity index is 742. The van der Waals surface area contributed by atoms with Gasteiger partial charge in [0.2, 0.25) is 10.0 Å². The Kier molecular flexibility index (Phi) is 4.62. The van der Waals surface area contributed by atoms with E-state index in [0.717, 1.165) is 16.7 Å². The minimum absolute atomic E-state index is 0.0974. The van der Waals surface area contributed by atoms with Crippen LogP contribution >= 0.6 is 0 Å². The predicted molar refractivity (Wildman–Crippen MR) is 81.2 cm³/mol. The number of hydrogen-bond acceptors (Lipinski definition) is 4. The summed E-state index contributed by atoms with van der Waals surface area (Å²) in [6.07, 6.45) is 0. The highest BCUT2D eigenvalue weighted by Crippen LogP contribution is 2.18. The number of aryl methyl sites for hydroxylation is 1. The molecule has 21 heavy (non-hydrogen) atoms. The molecule has 0 aromatic heterocycles. The van der Waals surface area contributed by atoms with Gasteiger partial charge in [-0.1, -0.05) is 29.8 Å². The van der Waals surface area contributed by atoms with E-state index < -0.39 is 10.0 Å². The number of rotatable bonds is 5. The highest BCUT2D eigenvalue weighted by atomic mass is 32.2. The number of phenolic OH excluding ortho intramolecular Hbond substituents is 1. The molecule has 0 saturated heterocycles. The Balaban J connectivity index is 2.02. The highest BCUT2D eigenvalue weighted by Gasteiger charge is 2.08. The first kappa shape index (κ1) is 15.5. The molecule has 0 aliphatic heterocycles. The largest absolute Gasteiger partial charge is 0.508 e. The molecule has 0 saturated carbocycles. The second-order valence-corrected chi connectivity index (χ2v) is 6.49. The minimum Gasteiger partial charge on any atom is -0.508 e. The van der Waals surface area contributed by atoms with Crippen molar-refractivity contribution in [2.45, 2.75) is 24.9 Å². The maximum atomic E-state index is 11.3. The second-order valence-electron chi connectivity index (χ2n) is 4.93. The smallest absolute Gasteiger partial charge is 0.238 e. The van der Waals surface area contributed by atoms with E-state index in [1.54, 1.807) is 18.2 Å². The number of nitrogens with one attached hydrogen (secondary N) is 1. The van der Waals surface area contributed by atoms with E-state index in [0.29, 0.717) is 13.1 Å². The maximum absolute atomic E-state index is 11.3. The molecule has 4 N–H and O–H groups in total. The summed E-state index contributed by atoms with van der Waals surface area (Å²) in [6, 6.07) is 11.9. The summed E-state index contributed by atoms with van der Waals surface area (Å²) in [5, 5.41) is 18.0. The molecule has 0 aliphatic rings. The quantitative estimate of drug-likeness (QED) is 0.783. The summed E-state index contributed by atoms with van der Waals surface area (Å²) >= 11 is 0. The molecule has 0 heterocycles. The zero-order chi connectivity index (χ0) is 15.5. The number of primary sulfonamides is 1.